The molecule has 2 unspecified atom stereocenters. The van der Waals surface area contributed by atoms with Crippen molar-refractivity contribution in [3.8, 4) is 0 Å². The summed E-state index contributed by atoms with van der Waals surface area (Å²) >= 11 is 0. The third kappa shape index (κ3) is 5.71. The fourth-order valence-electron chi connectivity index (χ4n) is 2.48. The molecule has 10 heteroatoms. The van der Waals surface area contributed by atoms with Crippen LogP contribution in [0.15, 0.2) is 5.11 Å². The number of azide groups is 1. The van der Waals surface area contributed by atoms with Crippen molar-refractivity contribution in [2.75, 3.05) is 13.2 Å². The van der Waals surface area contributed by atoms with Gasteiger partial charge in [0.2, 0.25) is 12.2 Å². The third-order valence-electron chi connectivity index (χ3n) is 3.92. The Balaban J connectivity index is 2.87. The maximum Gasteiger partial charge on any atom is 0.305 e. The van der Waals surface area contributed by atoms with E-state index in [1.165, 1.54) is 13.8 Å². The maximum absolute atomic E-state index is 11.8. The van der Waals surface area contributed by atoms with E-state index in [1.54, 1.807) is 0 Å². The van der Waals surface area contributed by atoms with E-state index < -0.39 is 36.3 Å². The Hall–Kier alpha value is -2.32. The number of nitrogens with one attached hydrogen (secondary N) is 1. The molecule has 5 atom stereocenters. The molecular formula is C14H22N4O6. The topological polar surface area (TPSA) is 140 Å². The van der Waals surface area contributed by atoms with Crippen LogP contribution in [0.4, 0.5) is 0 Å². The number of rotatable bonds is 6. The van der Waals surface area contributed by atoms with E-state index in [9.17, 15) is 14.4 Å². The number of carbonyl (C=O) groups is 3. The molecule has 0 aromatic heterocycles. The standard InChI is InChI=1S/C14H22N4O6/c1-7-8(2)13(17-12(21)5-16-18-15)14(23-10(4)20)24-11(7)6-22-9(3)19/h7-8,11,13-14H,5-6H2,1-4H3,(H,17,21)/t7-,8?,11?,13+,14-/m1/s1. The molecule has 0 radical (unpaired) electrons. The molecule has 1 aliphatic heterocycles. The van der Waals surface area contributed by atoms with Crippen LogP contribution in [-0.2, 0) is 28.6 Å². The second-order valence-electron chi connectivity index (χ2n) is 5.66. The van der Waals surface area contributed by atoms with E-state index in [0.717, 1.165) is 0 Å². The fourth-order valence-corrected chi connectivity index (χ4v) is 2.48. The first-order valence-electron chi connectivity index (χ1n) is 7.52. The molecule has 0 bridgehead atoms. The first-order chi connectivity index (χ1) is 11.3. The monoisotopic (exact) mass is 342 g/mol. The summed E-state index contributed by atoms with van der Waals surface area (Å²) in [6.07, 6.45) is -1.50. The van der Waals surface area contributed by atoms with Gasteiger partial charge in [0.05, 0.1) is 12.1 Å². The third-order valence-corrected chi connectivity index (χ3v) is 3.92. The molecule has 1 fully saturated rings. The van der Waals surface area contributed by atoms with E-state index in [-0.39, 0.29) is 25.0 Å². The summed E-state index contributed by atoms with van der Waals surface area (Å²) in [6.45, 7) is 5.93. The molecule has 10 nitrogen and oxygen atoms in total. The van der Waals surface area contributed by atoms with Gasteiger partial charge >= 0.3 is 11.9 Å². The van der Waals surface area contributed by atoms with Gasteiger partial charge in [-0.05, 0) is 17.4 Å². The lowest BCUT2D eigenvalue weighted by molar-refractivity contribution is -0.238. The summed E-state index contributed by atoms with van der Waals surface area (Å²) in [4.78, 5) is 36.6. The maximum atomic E-state index is 11.8. The van der Waals surface area contributed by atoms with Crippen LogP contribution in [0.3, 0.4) is 0 Å². The average Bonchev–Trinajstić information content (AvgIpc) is 2.50. The van der Waals surface area contributed by atoms with Crippen LogP contribution < -0.4 is 5.32 Å². The van der Waals surface area contributed by atoms with Gasteiger partial charge in [0.1, 0.15) is 13.2 Å². The fraction of sp³-hybridized carbons (Fsp3) is 0.786. The van der Waals surface area contributed by atoms with Gasteiger partial charge in [-0.3, -0.25) is 14.4 Å². The molecule has 24 heavy (non-hydrogen) atoms. The van der Waals surface area contributed by atoms with Crippen LogP contribution in [-0.4, -0.2) is 49.4 Å². The second-order valence-corrected chi connectivity index (χ2v) is 5.66. The number of amides is 1. The largest absolute Gasteiger partial charge is 0.463 e. The Kier molecular flexibility index (Phi) is 7.47. The number of carbonyl (C=O) groups excluding carboxylic acids is 3. The molecule has 0 aliphatic carbocycles. The number of hydrogen-bond acceptors (Lipinski definition) is 7. The Morgan fingerprint density at radius 1 is 1.21 bits per heavy atom. The van der Waals surface area contributed by atoms with Crippen molar-refractivity contribution in [2.45, 2.75) is 46.1 Å². The van der Waals surface area contributed by atoms with Crippen molar-refractivity contribution >= 4 is 17.8 Å². The van der Waals surface area contributed by atoms with Crippen LogP contribution in [0, 0.1) is 11.8 Å². The summed E-state index contributed by atoms with van der Waals surface area (Å²) in [6, 6.07) is -0.612. The van der Waals surface area contributed by atoms with Crippen LogP contribution in [0.1, 0.15) is 27.7 Å². The van der Waals surface area contributed by atoms with Gasteiger partial charge in [0.15, 0.2) is 0 Å². The smallest absolute Gasteiger partial charge is 0.305 e. The number of nitrogens with zero attached hydrogens (tertiary/aromatic N) is 3. The molecule has 1 saturated heterocycles. The van der Waals surface area contributed by atoms with E-state index in [0.29, 0.717) is 0 Å². The van der Waals surface area contributed by atoms with Crippen molar-refractivity contribution in [1.29, 1.82) is 0 Å². The lowest BCUT2D eigenvalue weighted by atomic mass is 9.82. The quantitative estimate of drug-likeness (QED) is 0.329. The van der Waals surface area contributed by atoms with Crippen molar-refractivity contribution < 1.29 is 28.6 Å². The van der Waals surface area contributed by atoms with Crippen molar-refractivity contribution in [2.24, 2.45) is 17.0 Å². The van der Waals surface area contributed by atoms with Gasteiger partial charge < -0.3 is 19.5 Å². The van der Waals surface area contributed by atoms with Crippen LogP contribution in [0.25, 0.3) is 10.4 Å². The molecule has 1 rings (SSSR count). The SMILES string of the molecule is CC(=O)OCC1O[C@@H](OC(C)=O)[C@@H](NC(=O)CN=[N+]=[N-])C(C)[C@H]1C. The zero-order valence-electron chi connectivity index (χ0n) is 14.1. The van der Waals surface area contributed by atoms with Crippen LogP contribution in [0.2, 0.25) is 0 Å². The molecule has 1 amide bonds. The van der Waals surface area contributed by atoms with E-state index in [4.69, 9.17) is 19.7 Å². The first kappa shape index (κ1) is 19.7. The minimum absolute atomic E-state index is 0.0258. The normalized spacial score (nSPS) is 29.1. The minimum Gasteiger partial charge on any atom is -0.463 e. The summed E-state index contributed by atoms with van der Waals surface area (Å²) in [5.74, 6) is -1.73. The summed E-state index contributed by atoms with van der Waals surface area (Å²) in [5.41, 5.74) is 8.27. The molecule has 0 aromatic carbocycles. The molecule has 1 N–H and O–H groups in total. The van der Waals surface area contributed by atoms with Crippen molar-refractivity contribution in [3.63, 3.8) is 0 Å². The molecule has 0 saturated carbocycles. The Morgan fingerprint density at radius 3 is 2.42 bits per heavy atom. The number of esters is 2. The predicted molar refractivity (Wildman–Crippen MR) is 81.3 cm³/mol. The first-order valence-corrected chi connectivity index (χ1v) is 7.52. The highest BCUT2D eigenvalue weighted by atomic mass is 16.7. The van der Waals surface area contributed by atoms with Gasteiger partial charge in [-0.15, -0.1) is 0 Å². The molecule has 0 aromatic rings. The zero-order chi connectivity index (χ0) is 18.3. The minimum atomic E-state index is -1.02. The van der Waals surface area contributed by atoms with Crippen molar-refractivity contribution in [3.05, 3.63) is 10.4 Å². The number of ether oxygens (including phenoxy) is 3. The Bertz CT molecular complexity index is 533. The lowest BCUT2D eigenvalue weighted by Crippen LogP contribution is -2.59. The van der Waals surface area contributed by atoms with E-state index in [2.05, 4.69) is 15.3 Å². The Labute approximate surface area is 139 Å². The number of hydrogen-bond donors (Lipinski definition) is 1. The van der Waals surface area contributed by atoms with Gasteiger partial charge in [-0.1, -0.05) is 19.0 Å². The van der Waals surface area contributed by atoms with Crippen molar-refractivity contribution in [1.82, 2.24) is 5.32 Å². The Morgan fingerprint density at radius 2 is 1.88 bits per heavy atom. The van der Waals surface area contributed by atoms with Crippen LogP contribution in [0.5, 0.6) is 0 Å². The summed E-state index contributed by atoms with van der Waals surface area (Å²) in [5, 5.41) is 5.85. The molecule has 0 spiro atoms. The highest BCUT2D eigenvalue weighted by molar-refractivity contribution is 5.78. The average molecular weight is 342 g/mol. The summed E-state index contributed by atoms with van der Waals surface area (Å²) in [7, 11) is 0. The highest BCUT2D eigenvalue weighted by Gasteiger charge is 2.44. The zero-order valence-corrected chi connectivity index (χ0v) is 14.1. The molecule has 1 heterocycles. The second kappa shape index (κ2) is 9.09. The predicted octanol–water partition coefficient (Wildman–Crippen LogP) is 0.905. The lowest BCUT2D eigenvalue weighted by Gasteiger charge is -2.43. The van der Waals surface area contributed by atoms with E-state index in [1.807, 2.05) is 13.8 Å². The highest BCUT2D eigenvalue weighted by Crippen LogP contribution is 2.31. The van der Waals surface area contributed by atoms with Gasteiger partial charge in [0.25, 0.3) is 0 Å². The molecule has 1 aliphatic rings. The van der Waals surface area contributed by atoms with Crippen LogP contribution >= 0.6 is 0 Å². The summed E-state index contributed by atoms with van der Waals surface area (Å²) < 4.78 is 15.8. The molecular weight excluding hydrogens is 320 g/mol. The van der Waals surface area contributed by atoms with E-state index >= 15 is 0 Å². The van der Waals surface area contributed by atoms with Gasteiger partial charge in [-0.25, -0.2) is 0 Å². The molecule has 134 valence electrons. The van der Waals surface area contributed by atoms with Gasteiger partial charge in [0, 0.05) is 18.8 Å². The van der Waals surface area contributed by atoms with Gasteiger partial charge in [-0.2, -0.15) is 0 Å².